The van der Waals surface area contributed by atoms with Crippen molar-refractivity contribution in [3.63, 3.8) is 0 Å². The van der Waals surface area contributed by atoms with Crippen LogP contribution in [0.1, 0.15) is 18.1 Å². The largest absolute Gasteiger partial charge is 0.493 e. The minimum absolute atomic E-state index is 0.381. The fourth-order valence-corrected chi connectivity index (χ4v) is 2.45. The fraction of sp³-hybridized carbons (Fsp3) is 0.111. The summed E-state index contributed by atoms with van der Waals surface area (Å²) in [5.41, 5.74) is 2.25. The van der Waals surface area contributed by atoms with E-state index in [9.17, 15) is 0 Å². The Labute approximate surface area is 150 Å². The van der Waals surface area contributed by atoms with Gasteiger partial charge < -0.3 is 4.74 Å². The Bertz CT molecular complexity index is 995. The van der Waals surface area contributed by atoms with E-state index < -0.39 is 0 Å². The van der Waals surface area contributed by atoms with Crippen molar-refractivity contribution in [2.45, 2.75) is 6.92 Å². The summed E-state index contributed by atoms with van der Waals surface area (Å²) in [4.78, 5) is 0. The van der Waals surface area contributed by atoms with Gasteiger partial charge in [-0.25, -0.2) is 5.10 Å². The zero-order chi connectivity index (χ0) is 17.6. The summed E-state index contributed by atoms with van der Waals surface area (Å²) in [6.07, 6.45) is 1.67. The van der Waals surface area contributed by atoms with Crippen molar-refractivity contribution >= 4 is 18.4 Å². The third-order valence-electron chi connectivity index (χ3n) is 3.44. The minimum atomic E-state index is 0.381. The van der Waals surface area contributed by atoms with Crippen molar-refractivity contribution in [2.75, 3.05) is 6.61 Å². The van der Waals surface area contributed by atoms with Crippen LogP contribution in [0.25, 0.3) is 11.4 Å². The third-order valence-corrected chi connectivity index (χ3v) is 3.70. The monoisotopic (exact) mass is 349 g/mol. The van der Waals surface area contributed by atoms with Gasteiger partial charge in [-0.05, 0) is 49.0 Å². The molecule has 0 radical (unpaired) electrons. The van der Waals surface area contributed by atoms with Gasteiger partial charge >= 0.3 is 0 Å². The lowest BCUT2D eigenvalue weighted by Crippen LogP contribution is -1.99. The first-order valence-electron chi connectivity index (χ1n) is 7.67. The molecule has 6 nitrogen and oxygen atoms in total. The minimum Gasteiger partial charge on any atom is -0.493 e. The number of H-pyrrole nitrogens is 1. The molecule has 3 rings (SSSR count). The molecule has 0 aliphatic rings. The number of ether oxygens (including phenoxy) is 1. The molecule has 0 spiro atoms. The van der Waals surface area contributed by atoms with Crippen molar-refractivity contribution in [3.05, 3.63) is 64.4 Å². The molecule has 0 unspecified atom stereocenters. The van der Waals surface area contributed by atoms with E-state index in [4.69, 9.17) is 22.2 Å². The maximum atomic E-state index is 8.85. The standard InChI is InChI=1S/C18H15N5OS/c1-2-24-16-6-4-3-5-15(16)17-21-22-18(25)23(17)20-12-14-9-7-13(11-19)8-10-14/h3-10,12H,2H2,1H3,(H,22,25)/b20-12-. The Morgan fingerprint density at radius 2 is 2.04 bits per heavy atom. The number of hydrogen-bond acceptors (Lipinski definition) is 5. The molecule has 0 fully saturated rings. The Morgan fingerprint density at radius 3 is 2.76 bits per heavy atom. The second kappa shape index (κ2) is 7.55. The zero-order valence-electron chi connectivity index (χ0n) is 13.5. The molecule has 0 saturated heterocycles. The topological polar surface area (TPSA) is 79.0 Å². The summed E-state index contributed by atoms with van der Waals surface area (Å²) < 4.78 is 7.59. The number of aromatic amines is 1. The van der Waals surface area contributed by atoms with E-state index in [0.29, 0.717) is 28.5 Å². The molecule has 2 aromatic carbocycles. The molecule has 1 aromatic heterocycles. The SMILES string of the molecule is CCOc1ccccc1-c1n[nH]c(=S)n1/N=C\c1ccc(C#N)cc1. The highest BCUT2D eigenvalue weighted by Gasteiger charge is 2.13. The fourth-order valence-electron chi connectivity index (χ4n) is 2.27. The van der Waals surface area contributed by atoms with Crippen LogP contribution >= 0.6 is 12.2 Å². The van der Waals surface area contributed by atoms with Crippen LogP contribution in [0.5, 0.6) is 5.75 Å². The van der Waals surface area contributed by atoms with Gasteiger partial charge in [-0.15, -0.1) is 0 Å². The summed E-state index contributed by atoms with van der Waals surface area (Å²) >= 11 is 5.28. The van der Waals surface area contributed by atoms with E-state index in [1.54, 1.807) is 23.0 Å². The van der Waals surface area contributed by atoms with Gasteiger partial charge in [0.2, 0.25) is 4.77 Å². The Balaban J connectivity index is 1.99. The quantitative estimate of drug-likeness (QED) is 0.562. The maximum absolute atomic E-state index is 8.85. The first kappa shape index (κ1) is 16.6. The predicted octanol–water partition coefficient (Wildman–Crippen LogP) is 3.76. The molecule has 0 atom stereocenters. The van der Waals surface area contributed by atoms with E-state index in [1.807, 2.05) is 43.3 Å². The van der Waals surface area contributed by atoms with E-state index in [2.05, 4.69) is 21.4 Å². The van der Waals surface area contributed by atoms with Crippen LogP contribution in [0.2, 0.25) is 0 Å². The van der Waals surface area contributed by atoms with Crippen molar-refractivity contribution in [3.8, 4) is 23.2 Å². The Hall–Kier alpha value is -3.24. The number of nitrogens with zero attached hydrogens (tertiary/aromatic N) is 4. The van der Waals surface area contributed by atoms with E-state index in [-0.39, 0.29) is 0 Å². The molecule has 124 valence electrons. The molecule has 0 aliphatic heterocycles. The highest BCUT2D eigenvalue weighted by molar-refractivity contribution is 7.71. The van der Waals surface area contributed by atoms with Crippen LogP contribution in [0.3, 0.4) is 0 Å². The second-order valence-corrected chi connectivity index (χ2v) is 5.46. The molecular formula is C18H15N5OS. The van der Waals surface area contributed by atoms with Gasteiger partial charge in [0.1, 0.15) is 5.75 Å². The highest BCUT2D eigenvalue weighted by Crippen LogP contribution is 2.28. The predicted molar refractivity (Wildman–Crippen MR) is 98.2 cm³/mol. The van der Waals surface area contributed by atoms with Crippen LogP contribution < -0.4 is 4.74 Å². The van der Waals surface area contributed by atoms with E-state index >= 15 is 0 Å². The molecule has 0 amide bonds. The summed E-state index contributed by atoms with van der Waals surface area (Å²) in [6, 6.07) is 16.8. The number of nitrogens with one attached hydrogen (secondary N) is 1. The molecule has 1 N–H and O–H groups in total. The van der Waals surface area contributed by atoms with Crippen LogP contribution in [-0.4, -0.2) is 27.7 Å². The Kier molecular flexibility index (Phi) is 5.02. The highest BCUT2D eigenvalue weighted by atomic mass is 32.1. The van der Waals surface area contributed by atoms with Crippen LogP contribution in [0, 0.1) is 16.1 Å². The molecule has 0 saturated carbocycles. The molecule has 7 heteroatoms. The average Bonchev–Trinajstić information content (AvgIpc) is 3.01. The number of rotatable bonds is 5. The lowest BCUT2D eigenvalue weighted by molar-refractivity contribution is 0.341. The molecule has 1 heterocycles. The van der Waals surface area contributed by atoms with Crippen molar-refractivity contribution < 1.29 is 4.74 Å². The van der Waals surface area contributed by atoms with Crippen molar-refractivity contribution in [1.82, 2.24) is 14.9 Å². The van der Waals surface area contributed by atoms with Crippen molar-refractivity contribution in [2.24, 2.45) is 5.10 Å². The zero-order valence-corrected chi connectivity index (χ0v) is 14.3. The van der Waals surface area contributed by atoms with Crippen LogP contribution in [0.4, 0.5) is 0 Å². The Morgan fingerprint density at radius 1 is 1.28 bits per heavy atom. The average molecular weight is 349 g/mol. The second-order valence-electron chi connectivity index (χ2n) is 5.07. The molecule has 0 aliphatic carbocycles. The lowest BCUT2D eigenvalue weighted by Gasteiger charge is -2.08. The molecule has 3 aromatic rings. The summed E-state index contributed by atoms with van der Waals surface area (Å²) in [7, 11) is 0. The number of aromatic nitrogens is 3. The van der Waals surface area contributed by atoms with Gasteiger partial charge in [-0.2, -0.15) is 20.1 Å². The van der Waals surface area contributed by atoms with Crippen LogP contribution in [0.15, 0.2) is 53.6 Å². The van der Waals surface area contributed by atoms with E-state index in [1.165, 1.54) is 0 Å². The first-order valence-corrected chi connectivity index (χ1v) is 8.08. The first-order chi connectivity index (χ1) is 12.2. The number of hydrogen-bond donors (Lipinski definition) is 1. The third kappa shape index (κ3) is 3.65. The van der Waals surface area contributed by atoms with Gasteiger partial charge in [0, 0.05) is 0 Å². The maximum Gasteiger partial charge on any atom is 0.216 e. The smallest absolute Gasteiger partial charge is 0.216 e. The number of para-hydroxylation sites is 1. The molecular weight excluding hydrogens is 334 g/mol. The van der Waals surface area contributed by atoms with Crippen molar-refractivity contribution in [1.29, 1.82) is 5.26 Å². The normalized spacial score (nSPS) is 10.7. The summed E-state index contributed by atoms with van der Waals surface area (Å²) in [6.45, 7) is 2.48. The summed E-state index contributed by atoms with van der Waals surface area (Å²) in [5.74, 6) is 1.28. The van der Waals surface area contributed by atoms with Gasteiger partial charge in [-0.1, -0.05) is 24.3 Å². The number of nitriles is 1. The molecule has 0 bridgehead atoms. The van der Waals surface area contributed by atoms with E-state index in [0.717, 1.165) is 11.1 Å². The lowest BCUT2D eigenvalue weighted by atomic mass is 10.2. The van der Waals surface area contributed by atoms with Gasteiger partial charge in [0.25, 0.3) is 0 Å². The van der Waals surface area contributed by atoms with Gasteiger partial charge in [0.15, 0.2) is 5.82 Å². The number of benzene rings is 2. The van der Waals surface area contributed by atoms with Gasteiger partial charge in [-0.3, -0.25) is 0 Å². The van der Waals surface area contributed by atoms with Crippen LogP contribution in [-0.2, 0) is 0 Å². The molecule has 25 heavy (non-hydrogen) atoms. The van der Waals surface area contributed by atoms with Gasteiger partial charge in [0.05, 0.1) is 30.0 Å². The summed E-state index contributed by atoms with van der Waals surface area (Å²) in [5, 5.41) is 20.3.